The highest BCUT2D eigenvalue weighted by Crippen LogP contribution is 2.29. The summed E-state index contributed by atoms with van der Waals surface area (Å²) in [4.78, 5) is 14.3. The van der Waals surface area contributed by atoms with E-state index in [1.54, 1.807) is 42.7 Å². The van der Waals surface area contributed by atoms with Gasteiger partial charge >= 0.3 is 5.97 Å². The number of aliphatic hydroxyl groups excluding tert-OH is 1. The first-order chi connectivity index (χ1) is 10.1. The van der Waals surface area contributed by atoms with E-state index in [1.165, 1.54) is 6.26 Å². The van der Waals surface area contributed by atoms with Gasteiger partial charge in [-0.15, -0.1) is 0 Å². The summed E-state index contributed by atoms with van der Waals surface area (Å²) in [6.07, 6.45) is 10.4. The van der Waals surface area contributed by atoms with Gasteiger partial charge in [-0.05, 0) is 23.8 Å². The average Bonchev–Trinajstić information content (AvgIpc) is 3.07. The van der Waals surface area contributed by atoms with E-state index in [0.717, 1.165) is 11.1 Å². The van der Waals surface area contributed by atoms with Crippen LogP contribution in [0.15, 0.2) is 59.1 Å². The Morgan fingerprint density at radius 3 is 2.90 bits per heavy atom. The lowest BCUT2D eigenvalue weighted by Crippen LogP contribution is -2.00. The second kappa shape index (κ2) is 5.20. The van der Waals surface area contributed by atoms with Crippen LogP contribution >= 0.6 is 0 Å². The molecule has 0 saturated heterocycles. The van der Waals surface area contributed by atoms with Gasteiger partial charge in [0, 0.05) is 23.2 Å². The lowest BCUT2D eigenvalue weighted by atomic mass is 10.0. The molecule has 0 unspecified atom stereocenters. The van der Waals surface area contributed by atoms with Gasteiger partial charge in [0.1, 0.15) is 5.69 Å². The van der Waals surface area contributed by atoms with Crippen LogP contribution in [0.3, 0.4) is 0 Å². The zero-order chi connectivity index (χ0) is 14.8. The first-order valence-corrected chi connectivity index (χ1v) is 6.41. The van der Waals surface area contributed by atoms with E-state index in [4.69, 9.17) is 4.42 Å². The molecule has 2 aromatic rings. The normalized spacial score (nSPS) is 14.5. The number of aromatic amines is 1. The van der Waals surface area contributed by atoms with Crippen molar-refractivity contribution in [3.05, 3.63) is 66.0 Å². The van der Waals surface area contributed by atoms with Crippen LogP contribution in [0.1, 0.15) is 22.5 Å². The molecule has 0 atom stereocenters. The fraction of sp³-hybridized carbons (Fsp3) is 0.0625. The highest BCUT2D eigenvalue weighted by atomic mass is 16.4. The Bertz CT molecular complexity index is 760. The van der Waals surface area contributed by atoms with Gasteiger partial charge in [0.2, 0.25) is 0 Å². The smallest absolute Gasteiger partial charge is 0.352 e. The molecule has 2 aromatic heterocycles. The molecule has 1 aliphatic rings. The Morgan fingerprint density at radius 1 is 1.33 bits per heavy atom. The molecular formula is C16H13NO4. The van der Waals surface area contributed by atoms with Crippen molar-refractivity contribution in [2.45, 2.75) is 6.42 Å². The second-order valence-electron chi connectivity index (χ2n) is 4.68. The Hall–Kier alpha value is -2.95. The summed E-state index contributed by atoms with van der Waals surface area (Å²) >= 11 is 0. The Morgan fingerprint density at radius 2 is 2.19 bits per heavy atom. The average molecular weight is 283 g/mol. The molecular weight excluding hydrogens is 270 g/mol. The molecule has 0 radical (unpaired) electrons. The lowest BCUT2D eigenvalue weighted by molar-refractivity contribution is 0.0691. The number of carbonyl (C=O) groups is 1. The third kappa shape index (κ3) is 2.53. The Labute approximate surface area is 120 Å². The number of H-pyrrole nitrogens is 1. The van der Waals surface area contributed by atoms with Crippen molar-refractivity contribution in [2.75, 3.05) is 0 Å². The molecule has 3 N–H and O–H groups in total. The molecule has 1 aliphatic carbocycles. The molecule has 0 amide bonds. The van der Waals surface area contributed by atoms with Gasteiger partial charge in [-0.1, -0.05) is 18.2 Å². The maximum atomic E-state index is 11.4. The summed E-state index contributed by atoms with van der Waals surface area (Å²) in [6, 6.07) is 3.52. The highest BCUT2D eigenvalue weighted by molar-refractivity contribution is 5.96. The first kappa shape index (κ1) is 13.1. The van der Waals surface area contributed by atoms with Gasteiger partial charge in [0.15, 0.2) is 0 Å². The number of furan rings is 1. The standard InChI is InChI=1S/C16H13NO4/c18-12-3-1-2-10(4-5-12)13-8-14(11-6-7-21-9-11)17-15(13)16(19)20/h1-2,4-9,17-18H,3H2,(H,19,20). The third-order valence-electron chi connectivity index (χ3n) is 3.25. The van der Waals surface area contributed by atoms with Gasteiger partial charge in [0.05, 0.1) is 18.3 Å². The molecule has 106 valence electrons. The largest absolute Gasteiger partial charge is 0.512 e. The van der Waals surface area contributed by atoms with Gasteiger partial charge in [0.25, 0.3) is 0 Å². The van der Waals surface area contributed by atoms with E-state index in [-0.39, 0.29) is 11.5 Å². The number of carboxylic acids is 1. The molecule has 2 heterocycles. The summed E-state index contributed by atoms with van der Waals surface area (Å²) in [5, 5.41) is 18.9. The van der Waals surface area contributed by atoms with Crippen LogP contribution in [0.2, 0.25) is 0 Å². The SMILES string of the molecule is O=C(O)c1[nH]c(-c2ccoc2)cc1C1=CC=C(O)CC=C1. The van der Waals surface area contributed by atoms with E-state index in [2.05, 4.69) is 4.98 Å². The van der Waals surface area contributed by atoms with Gasteiger partial charge in [-0.25, -0.2) is 4.79 Å². The van der Waals surface area contributed by atoms with E-state index in [0.29, 0.717) is 17.7 Å². The molecule has 0 aromatic carbocycles. The van der Waals surface area contributed by atoms with Crippen molar-refractivity contribution >= 4 is 11.5 Å². The number of hydrogen-bond donors (Lipinski definition) is 3. The number of hydrogen-bond acceptors (Lipinski definition) is 3. The number of rotatable bonds is 3. The van der Waals surface area contributed by atoms with Crippen molar-refractivity contribution in [3.63, 3.8) is 0 Å². The zero-order valence-electron chi connectivity index (χ0n) is 11.0. The van der Waals surface area contributed by atoms with E-state index in [9.17, 15) is 15.0 Å². The fourth-order valence-corrected chi connectivity index (χ4v) is 2.22. The molecule has 0 aliphatic heterocycles. The van der Waals surface area contributed by atoms with Crippen molar-refractivity contribution in [2.24, 2.45) is 0 Å². The molecule has 5 nitrogen and oxygen atoms in total. The minimum Gasteiger partial charge on any atom is -0.512 e. The first-order valence-electron chi connectivity index (χ1n) is 6.41. The van der Waals surface area contributed by atoms with Crippen LogP contribution in [-0.2, 0) is 0 Å². The predicted molar refractivity (Wildman–Crippen MR) is 77.9 cm³/mol. The van der Waals surface area contributed by atoms with E-state index in [1.807, 2.05) is 0 Å². The minimum absolute atomic E-state index is 0.108. The lowest BCUT2D eigenvalue weighted by Gasteiger charge is -1.99. The summed E-state index contributed by atoms with van der Waals surface area (Å²) in [5.74, 6) is -0.796. The Kier molecular flexibility index (Phi) is 3.23. The maximum absolute atomic E-state index is 11.4. The number of aromatic nitrogens is 1. The number of aromatic carboxylic acids is 1. The van der Waals surface area contributed by atoms with Crippen LogP contribution in [0.4, 0.5) is 0 Å². The number of allylic oxidation sites excluding steroid dienone is 5. The van der Waals surface area contributed by atoms with Crippen LogP contribution in [0, 0.1) is 0 Å². The molecule has 3 rings (SSSR count). The molecule has 0 bridgehead atoms. The van der Waals surface area contributed by atoms with Crippen LogP contribution in [-0.4, -0.2) is 21.2 Å². The predicted octanol–water partition coefficient (Wildman–Crippen LogP) is 3.76. The molecule has 0 spiro atoms. The van der Waals surface area contributed by atoms with Crippen LogP contribution in [0.5, 0.6) is 0 Å². The number of nitrogens with one attached hydrogen (secondary N) is 1. The van der Waals surface area contributed by atoms with Gasteiger partial charge in [-0.3, -0.25) is 0 Å². The van der Waals surface area contributed by atoms with Crippen LogP contribution in [0.25, 0.3) is 16.8 Å². The summed E-state index contributed by atoms with van der Waals surface area (Å²) in [7, 11) is 0. The summed E-state index contributed by atoms with van der Waals surface area (Å²) in [5.41, 5.74) is 2.85. The fourth-order valence-electron chi connectivity index (χ4n) is 2.22. The highest BCUT2D eigenvalue weighted by Gasteiger charge is 2.18. The number of carboxylic acid groups (broad SMARTS) is 1. The minimum atomic E-state index is -1.04. The van der Waals surface area contributed by atoms with Crippen molar-refractivity contribution in [1.29, 1.82) is 0 Å². The zero-order valence-corrected chi connectivity index (χ0v) is 11.0. The van der Waals surface area contributed by atoms with Crippen molar-refractivity contribution in [3.8, 4) is 11.3 Å². The molecule has 0 saturated carbocycles. The summed E-state index contributed by atoms with van der Waals surface area (Å²) < 4.78 is 5.02. The third-order valence-corrected chi connectivity index (χ3v) is 3.25. The van der Waals surface area contributed by atoms with E-state index >= 15 is 0 Å². The Balaban J connectivity index is 2.11. The van der Waals surface area contributed by atoms with Crippen molar-refractivity contribution < 1.29 is 19.4 Å². The quantitative estimate of drug-likeness (QED) is 0.800. The topological polar surface area (TPSA) is 86.5 Å². The molecule has 5 heteroatoms. The summed E-state index contributed by atoms with van der Waals surface area (Å²) in [6.45, 7) is 0. The molecule has 21 heavy (non-hydrogen) atoms. The van der Waals surface area contributed by atoms with E-state index < -0.39 is 5.97 Å². The van der Waals surface area contributed by atoms with Crippen LogP contribution < -0.4 is 0 Å². The number of aliphatic hydroxyl groups is 1. The van der Waals surface area contributed by atoms with Crippen molar-refractivity contribution in [1.82, 2.24) is 4.98 Å². The maximum Gasteiger partial charge on any atom is 0.352 e. The van der Waals surface area contributed by atoms with Gasteiger partial charge in [-0.2, -0.15) is 0 Å². The second-order valence-corrected chi connectivity index (χ2v) is 4.68. The van der Waals surface area contributed by atoms with Gasteiger partial charge < -0.3 is 19.6 Å². The monoisotopic (exact) mass is 283 g/mol. The molecule has 0 fully saturated rings.